The van der Waals surface area contributed by atoms with Crippen LogP contribution in [0, 0.1) is 10.1 Å². The Morgan fingerprint density at radius 2 is 1.77 bits per heavy atom. The van der Waals surface area contributed by atoms with Crippen LogP contribution in [-0.2, 0) is 30.4 Å². The molecule has 0 saturated carbocycles. The Balaban J connectivity index is 2.39. The summed E-state index contributed by atoms with van der Waals surface area (Å²) in [6, 6.07) is 5.60. The molecule has 0 unspecified atom stereocenters. The second-order valence-corrected chi connectivity index (χ2v) is 4.40. The van der Waals surface area contributed by atoms with Crippen molar-refractivity contribution in [1.82, 2.24) is 0 Å². The number of hydrogen-bond donors (Lipinski definition) is 0. The van der Waals surface area contributed by atoms with Gasteiger partial charge in [0.15, 0.2) is 6.29 Å². The zero-order chi connectivity index (χ0) is 16.5. The number of benzene rings is 1. The Hall–Kier alpha value is -2.32. The lowest BCUT2D eigenvalue weighted by molar-refractivity contribution is -0.384. The highest BCUT2D eigenvalue weighted by Gasteiger charge is 2.16. The number of ketones is 1. The van der Waals surface area contributed by atoms with Gasteiger partial charge in [0.2, 0.25) is 0 Å². The van der Waals surface area contributed by atoms with E-state index in [1.54, 1.807) is 0 Å². The molecule has 120 valence electrons. The minimum atomic E-state index is -0.685. The first kappa shape index (κ1) is 17.7. The number of carbonyl (C=O) groups excluding carboxylic acids is 2. The molecular formula is C14H17NO7. The van der Waals surface area contributed by atoms with Crippen LogP contribution in [0.4, 0.5) is 5.69 Å². The monoisotopic (exact) mass is 311 g/mol. The number of carbonyl (C=O) groups is 2. The molecule has 0 bridgehead atoms. The summed E-state index contributed by atoms with van der Waals surface area (Å²) in [7, 11) is 2.79. The molecule has 1 aromatic carbocycles. The molecule has 0 atom stereocenters. The summed E-state index contributed by atoms with van der Waals surface area (Å²) in [5.74, 6) is -1.03. The molecule has 0 heterocycles. The molecule has 0 aliphatic heterocycles. The maximum atomic E-state index is 11.6. The van der Waals surface area contributed by atoms with Gasteiger partial charge in [-0.2, -0.15) is 0 Å². The minimum Gasteiger partial charge on any atom is -0.460 e. The standard InChI is InChI=1S/C14H17NO7/c1-20-14(21-2)8-12(16)7-13(17)22-9-10-3-5-11(6-4-10)15(18)19/h3-6,14H,7-9H2,1-2H3. The number of nitrogens with zero attached hydrogens (tertiary/aromatic N) is 1. The quantitative estimate of drug-likeness (QED) is 0.224. The number of nitro benzene ring substituents is 1. The molecule has 0 aliphatic carbocycles. The Kier molecular flexibility index (Phi) is 7.14. The average Bonchev–Trinajstić information content (AvgIpc) is 2.50. The molecule has 1 rings (SSSR count). The topological polar surface area (TPSA) is 105 Å². The number of esters is 1. The van der Waals surface area contributed by atoms with Crippen molar-refractivity contribution in [3.05, 3.63) is 39.9 Å². The van der Waals surface area contributed by atoms with E-state index in [9.17, 15) is 19.7 Å². The van der Waals surface area contributed by atoms with E-state index in [2.05, 4.69) is 0 Å². The largest absolute Gasteiger partial charge is 0.460 e. The number of Topliss-reactive ketones (excluding diaryl/α,β-unsaturated/α-hetero) is 1. The number of non-ortho nitro benzene ring substituents is 1. The number of nitro groups is 1. The van der Waals surface area contributed by atoms with E-state index in [1.165, 1.54) is 38.5 Å². The molecular weight excluding hydrogens is 294 g/mol. The molecule has 0 fully saturated rings. The predicted octanol–water partition coefficient (Wildman–Crippen LogP) is 1.61. The molecule has 0 amide bonds. The first-order valence-electron chi connectivity index (χ1n) is 6.42. The van der Waals surface area contributed by atoms with Gasteiger partial charge in [-0.15, -0.1) is 0 Å². The third-order valence-corrected chi connectivity index (χ3v) is 2.81. The van der Waals surface area contributed by atoms with Gasteiger partial charge in [0, 0.05) is 26.4 Å². The van der Waals surface area contributed by atoms with Gasteiger partial charge in [-0.25, -0.2) is 0 Å². The van der Waals surface area contributed by atoms with Crippen molar-refractivity contribution >= 4 is 17.4 Å². The molecule has 0 spiro atoms. The van der Waals surface area contributed by atoms with Gasteiger partial charge in [-0.05, 0) is 17.7 Å². The maximum absolute atomic E-state index is 11.6. The normalized spacial score (nSPS) is 10.5. The van der Waals surface area contributed by atoms with Gasteiger partial charge in [0.05, 0.1) is 11.3 Å². The Labute approximate surface area is 127 Å². The first-order chi connectivity index (χ1) is 10.5. The fourth-order valence-corrected chi connectivity index (χ4v) is 1.61. The van der Waals surface area contributed by atoms with Crippen LogP contribution in [0.1, 0.15) is 18.4 Å². The van der Waals surface area contributed by atoms with Crippen molar-refractivity contribution in [3.8, 4) is 0 Å². The molecule has 1 aromatic rings. The highest BCUT2D eigenvalue weighted by Crippen LogP contribution is 2.13. The molecule has 0 aliphatic rings. The number of rotatable bonds is 9. The second kappa shape index (κ2) is 8.85. The third-order valence-electron chi connectivity index (χ3n) is 2.81. The van der Waals surface area contributed by atoms with Crippen molar-refractivity contribution in [2.24, 2.45) is 0 Å². The maximum Gasteiger partial charge on any atom is 0.313 e. The van der Waals surface area contributed by atoms with Gasteiger partial charge in [-0.3, -0.25) is 19.7 Å². The van der Waals surface area contributed by atoms with Gasteiger partial charge in [0.25, 0.3) is 5.69 Å². The van der Waals surface area contributed by atoms with Crippen molar-refractivity contribution < 1.29 is 28.7 Å². The smallest absolute Gasteiger partial charge is 0.313 e. The lowest BCUT2D eigenvalue weighted by Gasteiger charge is -2.11. The summed E-state index contributed by atoms with van der Waals surface area (Å²) in [5, 5.41) is 10.5. The summed E-state index contributed by atoms with van der Waals surface area (Å²) < 4.78 is 14.7. The van der Waals surface area contributed by atoms with E-state index in [1.807, 2.05) is 0 Å². The SMILES string of the molecule is COC(CC(=O)CC(=O)OCc1ccc([N+](=O)[O-])cc1)OC. The number of methoxy groups -OCH3 is 2. The van der Waals surface area contributed by atoms with Gasteiger partial charge in [-0.1, -0.05) is 0 Å². The summed E-state index contributed by atoms with van der Waals surface area (Å²) >= 11 is 0. The lowest BCUT2D eigenvalue weighted by atomic mass is 10.2. The highest BCUT2D eigenvalue weighted by atomic mass is 16.7. The van der Waals surface area contributed by atoms with Crippen molar-refractivity contribution in [2.75, 3.05) is 14.2 Å². The minimum absolute atomic E-state index is 0.0420. The van der Waals surface area contributed by atoms with Crippen LogP contribution < -0.4 is 0 Å². The van der Waals surface area contributed by atoms with Crippen LogP contribution in [0.3, 0.4) is 0 Å². The summed E-state index contributed by atoms with van der Waals surface area (Å²) in [6.07, 6.45) is -1.11. The van der Waals surface area contributed by atoms with Crippen molar-refractivity contribution in [2.45, 2.75) is 25.7 Å². The van der Waals surface area contributed by atoms with Crippen LogP contribution >= 0.6 is 0 Å². The molecule has 0 radical (unpaired) electrons. The zero-order valence-electron chi connectivity index (χ0n) is 12.3. The second-order valence-electron chi connectivity index (χ2n) is 4.40. The number of ether oxygens (including phenoxy) is 3. The van der Waals surface area contributed by atoms with E-state index >= 15 is 0 Å². The zero-order valence-corrected chi connectivity index (χ0v) is 12.3. The van der Waals surface area contributed by atoms with Crippen molar-refractivity contribution in [3.63, 3.8) is 0 Å². The van der Waals surface area contributed by atoms with Crippen molar-refractivity contribution in [1.29, 1.82) is 0 Å². The van der Waals surface area contributed by atoms with Crippen LogP contribution in [-0.4, -0.2) is 37.2 Å². The number of hydrogen-bond acceptors (Lipinski definition) is 7. The first-order valence-corrected chi connectivity index (χ1v) is 6.42. The van der Waals surface area contributed by atoms with Crippen LogP contribution in [0.2, 0.25) is 0 Å². The van der Waals surface area contributed by atoms with Crippen LogP contribution in [0.5, 0.6) is 0 Å². The molecule has 22 heavy (non-hydrogen) atoms. The van der Waals surface area contributed by atoms with E-state index in [0.29, 0.717) is 5.56 Å². The van der Waals surface area contributed by atoms with Crippen LogP contribution in [0.25, 0.3) is 0 Å². The third kappa shape index (κ3) is 5.98. The van der Waals surface area contributed by atoms with E-state index in [0.717, 1.165) is 0 Å². The van der Waals surface area contributed by atoms with Gasteiger partial charge < -0.3 is 14.2 Å². The van der Waals surface area contributed by atoms with Crippen LogP contribution in [0.15, 0.2) is 24.3 Å². The fourth-order valence-electron chi connectivity index (χ4n) is 1.61. The van der Waals surface area contributed by atoms with Gasteiger partial charge in [0.1, 0.15) is 18.8 Å². The Bertz CT molecular complexity index is 522. The predicted molar refractivity (Wildman–Crippen MR) is 74.9 cm³/mol. The summed E-state index contributed by atoms with van der Waals surface area (Å²) in [4.78, 5) is 33.1. The summed E-state index contributed by atoms with van der Waals surface area (Å²) in [6.45, 7) is -0.0535. The molecule has 0 saturated heterocycles. The van der Waals surface area contributed by atoms with Gasteiger partial charge >= 0.3 is 5.97 Å². The van der Waals surface area contributed by atoms with E-state index in [4.69, 9.17) is 14.2 Å². The Morgan fingerprint density at radius 3 is 2.27 bits per heavy atom. The lowest BCUT2D eigenvalue weighted by Crippen LogP contribution is -2.20. The Morgan fingerprint density at radius 1 is 1.18 bits per heavy atom. The molecule has 8 nitrogen and oxygen atoms in total. The summed E-state index contributed by atoms with van der Waals surface area (Å²) in [5.41, 5.74) is 0.550. The van der Waals surface area contributed by atoms with E-state index in [-0.39, 0.29) is 30.9 Å². The molecule has 0 N–H and O–H groups in total. The van der Waals surface area contributed by atoms with E-state index < -0.39 is 17.2 Å². The molecule has 0 aromatic heterocycles. The molecule has 8 heteroatoms. The fraction of sp³-hybridized carbons (Fsp3) is 0.429. The highest BCUT2D eigenvalue weighted by molar-refractivity contribution is 5.95. The average molecular weight is 311 g/mol.